The van der Waals surface area contributed by atoms with Crippen molar-refractivity contribution in [2.75, 3.05) is 14.1 Å². The van der Waals surface area contributed by atoms with Crippen LogP contribution >= 0.6 is 0 Å². The monoisotopic (exact) mass is 212 g/mol. The molecule has 1 saturated heterocycles. The molecule has 1 rings (SSSR count). The second-order valence-electron chi connectivity index (χ2n) is 3.53. The largest absolute Gasteiger partial charge is 0.436 e. The van der Waals surface area contributed by atoms with Crippen molar-refractivity contribution in [3.05, 3.63) is 0 Å². The molecule has 0 aromatic rings. The SMILES string of the molecule is CN(C)[C@@H]1C[C@](O)(C(F)(F)F)NC1=O. The van der Waals surface area contributed by atoms with Gasteiger partial charge in [-0.15, -0.1) is 0 Å². The van der Waals surface area contributed by atoms with Gasteiger partial charge in [0.25, 0.3) is 0 Å². The van der Waals surface area contributed by atoms with E-state index in [0.29, 0.717) is 0 Å². The summed E-state index contributed by atoms with van der Waals surface area (Å²) in [5, 5.41) is 10.7. The summed E-state index contributed by atoms with van der Waals surface area (Å²) in [7, 11) is 2.96. The first-order chi connectivity index (χ1) is 6.17. The van der Waals surface area contributed by atoms with Gasteiger partial charge >= 0.3 is 6.18 Å². The van der Waals surface area contributed by atoms with E-state index in [9.17, 15) is 18.0 Å². The van der Waals surface area contributed by atoms with Crippen LogP contribution in [0.3, 0.4) is 0 Å². The number of carbonyl (C=O) groups is 1. The first-order valence-corrected chi connectivity index (χ1v) is 3.95. The lowest BCUT2D eigenvalue weighted by Crippen LogP contribution is -2.53. The van der Waals surface area contributed by atoms with Gasteiger partial charge in [-0.05, 0) is 14.1 Å². The molecule has 1 aliphatic heterocycles. The number of hydrogen-bond donors (Lipinski definition) is 2. The van der Waals surface area contributed by atoms with Gasteiger partial charge in [-0.1, -0.05) is 0 Å². The standard InChI is InChI=1S/C7H11F3N2O2/c1-12(2)4-3-6(14,7(8,9)10)11-5(4)13/h4,14H,3H2,1-2H3,(H,11,13)/t4-,6+/m1/s1. The molecule has 0 saturated carbocycles. The number of amides is 1. The van der Waals surface area contributed by atoms with Crippen LogP contribution in [-0.2, 0) is 4.79 Å². The smallest absolute Gasteiger partial charge is 0.363 e. The summed E-state index contributed by atoms with van der Waals surface area (Å²) < 4.78 is 36.8. The molecule has 1 amide bonds. The van der Waals surface area contributed by atoms with Crippen LogP contribution in [0.5, 0.6) is 0 Å². The third-order valence-electron chi connectivity index (χ3n) is 2.21. The minimum atomic E-state index is -4.84. The summed E-state index contributed by atoms with van der Waals surface area (Å²) in [5.41, 5.74) is -3.08. The fourth-order valence-corrected chi connectivity index (χ4v) is 1.31. The normalized spacial score (nSPS) is 33.6. The van der Waals surface area contributed by atoms with Crippen LogP contribution in [-0.4, -0.2) is 48.0 Å². The number of alkyl halides is 3. The van der Waals surface area contributed by atoms with Crippen LogP contribution in [0.2, 0.25) is 0 Å². The van der Waals surface area contributed by atoms with Crippen molar-refractivity contribution in [3.8, 4) is 0 Å². The summed E-state index contributed by atoms with van der Waals surface area (Å²) >= 11 is 0. The van der Waals surface area contributed by atoms with E-state index in [0.717, 1.165) is 0 Å². The zero-order valence-electron chi connectivity index (χ0n) is 7.72. The quantitative estimate of drug-likeness (QED) is 0.626. The molecule has 0 aromatic heterocycles. The van der Waals surface area contributed by atoms with Gasteiger partial charge in [-0.3, -0.25) is 9.69 Å². The van der Waals surface area contributed by atoms with E-state index in [-0.39, 0.29) is 0 Å². The molecule has 2 N–H and O–H groups in total. The Morgan fingerprint density at radius 3 is 2.29 bits per heavy atom. The minimum absolute atomic E-state index is 0.678. The second-order valence-corrected chi connectivity index (χ2v) is 3.53. The van der Waals surface area contributed by atoms with E-state index >= 15 is 0 Å². The van der Waals surface area contributed by atoms with Crippen molar-refractivity contribution in [2.24, 2.45) is 0 Å². The Balaban J connectivity index is 2.86. The lowest BCUT2D eigenvalue weighted by Gasteiger charge is -2.25. The fourth-order valence-electron chi connectivity index (χ4n) is 1.31. The van der Waals surface area contributed by atoms with Crippen molar-refractivity contribution in [2.45, 2.75) is 24.4 Å². The molecule has 0 bridgehead atoms. The van der Waals surface area contributed by atoms with Crippen LogP contribution in [0.1, 0.15) is 6.42 Å². The number of nitrogens with one attached hydrogen (secondary N) is 1. The number of aliphatic hydroxyl groups is 1. The second kappa shape index (κ2) is 3.09. The van der Waals surface area contributed by atoms with E-state index in [2.05, 4.69) is 0 Å². The molecule has 1 fully saturated rings. The highest BCUT2D eigenvalue weighted by Crippen LogP contribution is 2.36. The maximum absolute atomic E-state index is 12.3. The number of nitrogens with zero attached hydrogens (tertiary/aromatic N) is 1. The molecule has 0 aromatic carbocycles. The summed E-state index contributed by atoms with van der Waals surface area (Å²) in [6.07, 6.45) is -5.52. The third kappa shape index (κ3) is 1.69. The number of hydrogen-bond acceptors (Lipinski definition) is 3. The van der Waals surface area contributed by atoms with E-state index in [1.165, 1.54) is 19.0 Å². The Labute approximate surface area is 78.7 Å². The molecule has 0 radical (unpaired) electrons. The van der Waals surface area contributed by atoms with E-state index < -0.39 is 30.3 Å². The topological polar surface area (TPSA) is 52.6 Å². The number of likely N-dealkylation sites (N-methyl/N-ethyl adjacent to an activating group) is 1. The van der Waals surface area contributed by atoms with Gasteiger partial charge in [0.2, 0.25) is 11.6 Å². The lowest BCUT2D eigenvalue weighted by molar-refractivity contribution is -0.266. The first-order valence-electron chi connectivity index (χ1n) is 3.95. The van der Waals surface area contributed by atoms with Gasteiger partial charge < -0.3 is 10.4 Å². The van der Waals surface area contributed by atoms with Crippen molar-refractivity contribution < 1.29 is 23.1 Å². The van der Waals surface area contributed by atoms with Crippen LogP contribution in [0.4, 0.5) is 13.2 Å². The number of carbonyl (C=O) groups excluding carboxylic acids is 1. The van der Waals surface area contributed by atoms with Gasteiger partial charge in [0.15, 0.2) is 0 Å². The maximum atomic E-state index is 12.3. The number of halogens is 3. The molecule has 4 nitrogen and oxygen atoms in total. The maximum Gasteiger partial charge on any atom is 0.436 e. The van der Waals surface area contributed by atoms with Gasteiger partial charge in [-0.2, -0.15) is 13.2 Å². The zero-order valence-corrected chi connectivity index (χ0v) is 7.72. The Morgan fingerprint density at radius 1 is 1.57 bits per heavy atom. The highest BCUT2D eigenvalue weighted by atomic mass is 19.4. The van der Waals surface area contributed by atoms with Crippen LogP contribution in [0.15, 0.2) is 0 Å². The van der Waals surface area contributed by atoms with Gasteiger partial charge in [0.1, 0.15) is 0 Å². The predicted octanol–water partition coefficient (Wildman–Crippen LogP) is -0.313. The molecule has 14 heavy (non-hydrogen) atoms. The molecular weight excluding hydrogens is 201 g/mol. The highest BCUT2D eigenvalue weighted by molar-refractivity contribution is 5.85. The van der Waals surface area contributed by atoms with Gasteiger partial charge in [0.05, 0.1) is 6.04 Å². The molecule has 82 valence electrons. The summed E-state index contributed by atoms with van der Waals surface area (Å²) in [6, 6.07) is -0.943. The average Bonchev–Trinajstić information content (AvgIpc) is 2.26. The molecule has 2 atom stereocenters. The van der Waals surface area contributed by atoms with Crippen molar-refractivity contribution >= 4 is 5.91 Å². The Kier molecular flexibility index (Phi) is 2.49. The Morgan fingerprint density at radius 2 is 2.07 bits per heavy atom. The predicted molar refractivity (Wildman–Crippen MR) is 41.2 cm³/mol. The third-order valence-corrected chi connectivity index (χ3v) is 2.21. The van der Waals surface area contributed by atoms with E-state index in [4.69, 9.17) is 5.11 Å². The van der Waals surface area contributed by atoms with Crippen molar-refractivity contribution in [3.63, 3.8) is 0 Å². The van der Waals surface area contributed by atoms with E-state index in [1.54, 1.807) is 5.32 Å². The molecule has 1 aliphatic rings. The molecule has 0 unspecified atom stereocenters. The highest BCUT2D eigenvalue weighted by Gasteiger charge is 2.61. The van der Waals surface area contributed by atoms with Crippen LogP contribution in [0.25, 0.3) is 0 Å². The Hall–Kier alpha value is -0.820. The fraction of sp³-hybridized carbons (Fsp3) is 0.857. The molecule has 1 heterocycles. The molecular formula is C7H11F3N2O2. The summed E-state index contributed by atoms with van der Waals surface area (Å²) in [5.74, 6) is -0.810. The lowest BCUT2D eigenvalue weighted by atomic mass is 10.1. The Bertz CT molecular complexity index is 254. The van der Waals surface area contributed by atoms with Crippen molar-refractivity contribution in [1.29, 1.82) is 0 Å². The van der Waals surface area contributed by atoms with E-state index in [1.807, 2.05) is 0 Å². The number of rotatable bonds is 1. The van der Waals surface area contributed by atoms with Gasteiger partial charge in [0, 0.05) is 6.42 Å². The van der Waals surface area contributed by atoms with Crippen LogP contribution in [0, 0.1) is 0 Å². The summed E-state index contributed by atoms with van der Waals surface area (Å²) in [4.78, 5) is 12.4. The average molecular weight is 212 g/mol. The minimum Gasteiger partial charge on any atom is -0.363 e. The first kappa shape index (κ1) is 11.3. The zero-order chi connectivity index (χ0) is 11.1. The van der Waals surface area contributed by atoms with Crippen molar-refractivity contribution in [1.82, 2.24) is 10.2 Å². The van der Waals surface area contributed by atoms with Gasteiger partial charge in [-0.25, -0.2) is 0 Å². The molecule has 0 spiro atoms. The molecule has 7 heteroatoms. The van der Waals surface area contributed by atoms with Crippen LogP contribution < -0.4 is 5.32 Å². The summed E-state index contributed by atoms with van der Waals surface area (Å²) in [6.45, 7) is 0. The molecule has 0 aliphatic carbocycles.